The predicted octanol–water partition coefficient (Wildman–Crippen LogP) is 2.85. The van der Waals surface area contributed by atoms with Crippen LogP contribution in [-0.4, -0.2) is 48.6 Å². The first-order chi connectivity index (χ1) is 9.76. The molecule has 5 heteroatoms. The maximum atomic E-state index is 13.3. The molecular weight excluding hydrogens is 275 g/mol. The molecule has 0 radical (unpaired) electrons. The van der Waals surface area contributed by atoms with Crippen LogP contribution in [0.5, 0.6) is 0 Å². The van der Waals surface area contributed by atoms with E-state index in [-0.39, 0.29) is 0 Å². The predicted molar refractivity (Wildman–Crippen MR) is 79.0 cm³/mol. The lowest BCUT2D eigenvalue weighted by Gasteiger charge is -2.19. The van der Waals surface area contributed by atoms with Crippen LogP contribution in [0, 0.1) is 0 Å². The van der Waals surface area contributed by atoms with Crippen molar-refractivity contribution in [3.63, 3.8) is 0 Å². The first-order valence-electron chi connectivity index (χ1n) is 7.24. The second-order valence-electron chi connectivity index (χ2n) is 5.57. The molecule has 3 nitrogen and oxygen atoms in total. The number of rotatable bonds is 4. The summed E-state index contributed by atoms with van der Waals surface area (Å²) in [5.41, 5.74) is 2.41. The van der Waals surface area contributed by atoms with Gasteiger partial charge in [0.15, 0.2) is 0 Å². The van der Waals surface area contributed by atoms with Crippen LogP contribution < -0.4 is 0 Å². The van der Waals surface area contributed by atoms with Crippen molar-refractivity contribution in [2.24, 2.45) is 0 Å². The highest BCUT2D eigenvalue weighted by molar-refractivity contribution is 7.98. The molecule has 20 heavy (non-hydrogen) atoms. The number of pyridine rings is 1. The number of nitrogens with zero attached hydrogens (tertiary/aromatic N) is 2. The molecule has 0 aliphatic carbocycles. The Morgan fingerprint density at radius 3 is 3.00 bits per heavy atom. The number of likely N-dealkylation sites (tertiary alicyclic amines) is 1. The minimum Gasteiger partial charge on any atom is -0.381 e. The van der Waals surface area contributed by atoms with Crippen molar-refractivity contribution in [1.82, 2.24) is 9.88 Å². The van der Waals surface area contributed by atoms with E-state index in [2.05, 4.69) is 17.0 Å². The van der Waals surface area contributed by atoms with Crippen LogP contribution in [0.1, 0.15) is 30.0 Å². The molecule has 0 N–H and O–H groups in total. The van der Waals surface area contributed by atoms with Crippen molar-refractivity contribution in [2.45, 2.75) is 36.5 Å². The molecule has 0 saturated carbocycles. The van der Waals surface area contributed by atoms with E-state index in [0.717, 1.165) is 43.4 Å². The topological polar surface area (TPSA) is 25.4 Å². The Kier molecular flexibility index (Phi) is 4.58. The van der Waals surface area contributed by atoms with Crippen molar-refractivity contribution >= 4 is 11.8 Å². The molecule has 1 aromatic heterocycles. The molecule has 1 aromatic rings. The SMILES string of the molecule is CSc1ccc([C@H]2CCOC2)c(CN2CC[C@@H](F)C2)n1. The van der Waals surface area contributed by atoms with Crippen molar-refractivity contribution in [3.05, 3.63) is 23.4 Å². The van der Waals surface area contributed by atoms with Gasteiger partial charge in [-0.2, -0.15) is 0 Å². The number of hydrogen-bond acceptors (Lipinski definition) is 4. The molecule has 2 aliphatic rings. The van der Waals surface area contributed by atoms with Crippen molar-refractivity contribution in [1.29, 1.82) is 0 Å². The number of ether oxygens (including phenoxy) is 1. The van der Waals surface area contributed by atoms with E-state index in [1.54, 1.807) is 11.8 Å². The number of halogens is 1. The summed E-state index contributed by atoms with van der Waals surface area (Å²) < 4.78 is 18.8. The Bertz CT molecular complexity index is 465. The summed E-state index contributed by atoms with van der Waals surface area (Å²) in [5, 5.41) is 1.04. The molecule has 0 spiro atoms. The number of hydrogen-bond donors (Lipinski definition) is 0. The van der Waals surface area contributed by atoms with Crippen LogP contribution >= 0.6 is 11.8 Å². The molecule has 2 aliphatic heterocycles. The van der Waals surface area contributed by atoms with Gasteiger partial charge < -0.3 is 4.74 Å². The number of aromatic nitrogens is 1. The van der Waals surface area contributed by atoms with Gasteiger partial charge in [0.2, 0.25) is 0 Å². The van der Waals surface area contributed by atoms with Gasteiger partial charge in [-0.25, -0.2) is 9.37 Å². The van der Waals surface area contributed by atoms with E-state index in [1.165, 1.54) is 5.56 Å². The van der Waals surface area contributed by atoms with E-state index in [0.29, 0.717) is 18.9 Å². The first kappa shape index (κ1) is 14.3. The van der Waals surface area contributed by atoms with E-state index in [9.17, 15) is 4.39 Å². The van der Waals surface area contributed by atoms with Crippen LogP contribution in [0.2, 0.25) is 0 Å². The van der Waals surface area contributed by atoms with Gasteiger partial charge in [0.25, 0.3) is 0 Å². The van der Waals surface area contributed by atoms with Gasteiger partial charge in [-0.3, -0.25) is 4.90 Å². The zero-order chi connectivity index (χ0) is 13.9. The van der Waals surface area contributed by atoms with Gasteiger partial charge in [0.1, 0.15) is 6.17 Å². The van der Waals surface area contributed by atoms with Gasteiger partial charge in [0.05, 0.1) is 17.3 Å². The highest BCUT2D eigenvalue weighted by Crippen LogP contribution is 2.30. The zero-order valence-electron chi connectivity index (χ0n) is 11.8. The summed E-state index contributed by atoms with van der Waals surface area (Å²) >= 11 is 1.66. The first-order valence-corrected chi connectivity index (χ1v) is 8.46. The quantitative estimate of drug-likeness (QED) is 0.798. The highest BCUT2D eigenvalue weighted by Gasteiger charge is 2.26. The molecule has 2 atom stereocenters. The molecule has 0 unspecified atom stereocenters. The van der Waals surface area contributed by atoms with E-state index >= 15 is 0 Å². The van der Waals surface area contributed by atoms with Gasteiger partial charge in [0, 0.05) is 32.2 Å². The lowest BCUT2D eigenvalue weighted by molar-refractivity contribution is 0.193. The molecule has 0 bridgehead atoms. The molecule has 3 heterocycles. The Hall–Kier alpha value is -0.650. The molecule has 0 amide bonds. The Morgan fingerprint density at radius 1 is 1.45 bits per heavy atom. The summed E-state index contributed by atoms with van der Waals surface area (Å²) in [6, 6.07) is 4.28. The van der Waals surface area contributed by atoms with Crippen molar-refractivity contribution in [2.75, 3.05) is 32.6 Å². The zero-order valence-corrected chi connectivity index (χ0v) is 12.7. The lowest BCUT2D eigenvalue weighted by atomic mass is 9.97. The Balaban J connectivity index is 1.81. The maximum absolute atomic E-state index is 13.3. The average molecular weight is 296 g/mol. The van der Waals surface area contributed by atoms with E-state index < -0.39 is 6.17 Å². The summed E-state index contributed by atoms with van der Waals surface area (Å²) in [7, 11) is 0. The molecule has 2 fully saturated rings. The second-order valence-corrected chi connectivity index (χ2v) is 6.40. The third-order valence-corrected chi connectivity index (χ3v) is 4.80. The Morgan fingerprint density at radius 2 is 2.35 bits per heavy atom. The third-order valence-electron chi connectivity index (χ3n) is 4.15. The minimum atomic E-state index is -0.669. The van der Waals surface area contributed by atoms with Crippen molar-refractivity contribution < 1.29 is 9.13 Å². The number of alkyl halides is 1. The smallest absolute Gasteiger partial charge is 0.114 e. The van der Waals surface area contributed by atoms with Crippen LogP contribution in [0.3, 0.4) is 0 Å². The average Bonchev–Trinajstić information content (AvgIpc) is 3.10. The van der Waals surface area contributed by atoms with Crippen LogP contribution in [0.4, 0.5) is 4.39 Å². The molecule has 2 saturated heterocycles. The number of thioether (sulfide) groups is 1. The maximum Gasteiger partial charge on any atom is 0.114 e. The van der Waals surface area contributed by atoms with Crippen LogP contribution in [0.25, 0.3) is 0 Å². The highest BCUT2D eigenvalue weighted by atomic mass is 32.2. The van der Waals surface area contributed by atoms with E-state index in [1.807, 2.05) is 6.26 Å². The normalized spacial score (nSPS) is 27.3. The summed E-state index contributed by atoms with van der Waals surface area (Å²) in [6.45, 7) is 3.78. The minimum absolute atomic E-state index is 0.456. The fourth-order valence-corrected chi connectivity index (χ4v) is 3.43. The lowest BCUT2D eigenvalue weighted by Crippen LogP contribution is -2.22. The molecule has 0 aromatic carbocycles. The monoisotopic (exact) mass is 296 g/mol. The van der Waals surface area contributed by atoms with Gasteiger partial charge in [-0.05, 0) is 30.7 Å². The fourth-order valence-electron chi connectivity index (χ4n) is 3.02. The largest absolute Gasteiger partial charge is 0.381 e. The standard InChI is InChI=1S/C15H21FN2OS/c1-20-15-3-2-13(11-5-7-19-10-11)14(17-15)9-18-6-4-12(16)8-18/h2-3,11-12H,4-10H2,1H3/t11-,12+/m0/s1. The molecule has 3 rings (SSSR count). The van der Waals surface area contributed by atoms with Gasteiger partial charge in [-0.15, -0.1) is 11.8 Å². The molecule has 110 valence electrons. The summed E-state index contributed by atoms with van der Waals surface area (Å²) in [4.78, 5) is 6.94. The fraction of sp³-hybridized carbons (Fsp3) is 0.667. The second kappa shape index (κ2) is 6.41. The van der Waals surface area contributed by atoms with Crippen LogP contribution in [-0.2, 0) is 11.3 Å². The van der Waals surface area contributed by atoms with Gasteiger partial charge in [-0.1, -0.05) is 6.07 Å². The molecular formula is C15H21FN2OS. The van der Waals surface area contributed by atoms with Gasteiger partial charge >= 0.3 is 0 Å². The van der Waals surface area contributed by atoms with Crippen molar-refractivity contribution in [3.8, 4) is 0 Å². The third kappa shape index (κ3) is 3.15. The Labute approximate surface area is 123 Å². The summed E-state index contributed by atoms with van der Waals surface area (Å²) in [6.07, 6.45) is 3.10. The van der Waals surface area contributed by atoms with Crippen LogP contribution in [0.15, 0.2) is 17.2 Å². The van der Waals surface area contributed by atoms with E-state index in [4.69, 9.17) is 9.72 Å². The summed E-state index contributed by atoms with van der Waals surface area (Å²) in [5.74, 6) is 0.456.